The zero-order valence-electron chi connectivity index (χ0n) is 9.50. The van der Waals surface area contributed by atoms with Gasteiger partial charge in [0, 0.05) is 21.6 Å². The van der Waals surface area contributed by atoms with Crippen molar-refractivity contribution in [3.05, 3.63) is 64.4 Å². The average Bonchev–Trinajstić information content (AvgIpc) is 2.38. The van der Waals surface area contributed by atoms with Gasteiger partial charge in [-0.15, -0.1) is 23.4 Å². The molecular weight excluding hydrogens is 290 g/mol. The van der Waals surface area contributed by atoms with E-state index in [2.05, 4.69) is 0 Å². The van der Waals surface area contributed by atoms with E-state index in [4.69, 9.17) is 23.2 Å². The number of alkyl halides is 1. The number of benzene rings is 2. The van der Waals surface area contributed by atoms with Crippen molar-refractivity contribution in [3.8, 4) is 0 Å². The van der Waals surface area contributed by atoms with Crippen LogP contribution in [0.2, 0.25) is 5.02 Å². The van der Waals surface area contributed by atoms with Crippen LogP contribution in [0, 0.1) is 5.82 Å². The highest BCUT2D eigenvalue weighted by Gasteiger charge is 2.03. The molecule has 0 N–H and O–H groups in total. The molecule has 0 bridgehead atoms. The fourth-order valence-corrected chi connectivity index (χ4v) is 2.87. The fourth-order valence-electron chi connectivity index (χ4n) is 1.47. The Morgan fingerprint density at radius 2 is 1.78 bits per heavy atom. The maximum Gasteiger partial charge on any atom is 0.124 e. The van der Waals surface area contributed by atoms with Crippen LogP contribution < -0.4 is 0 Å². The topological polar surface area (TPSA) is 0 Å². The van der Waals surface area contributed by atoms with E-state index in [9.17, 15) is 4.39 Å². The van der Waals surface area contributed by atoms with Gasteiger partial charge in [-0.2, -0.15) is 0 Å². The number of rotatable bonds is 4. The van der Waals surface area contributed by atoms with E-state index in [1.54, 1.807) is 17.8 Å². The molecule has 4 heteroatoms. The largest absolute Gasteiger partial charge is 0.207 e. The lowest BCUT2D eigenvalue weighted by Crippen LogP contribution is -1.85. The van der Waals surface area contributed by atoms with Gasteiger partial charge in [-0.25, -0.2) is 4.39 Å². The summed E-state index contributed by atoms with van der Waals surface area (Å²) in [6, 6.07) is 12.5. The minimum Gasteiger partial charge on any atom is -0.207 e. The summed E-state index contributed by atoms with van der Waals surface area (Å²) in [5.41, 5.74) is 2.03. The van der Waals surface area contributed by atoms with Gasteiger partial charge < -0.3 is 0 Å². The summed E-state index contributed by atoms with van der Waals surface area (Å²) in [6.45, 7) is 0. The molecule has 0 saturated heterocycles. The predicted molar refractivity (Wildman–Crippen MR) is 77.0 cm³/mol. The lowest BCUT2D eigenvalue weighted by atomic mass is 10.2. The molecule has 0 saturated carbocycles. The second-order valence-electron chi connectivity index (χ2n) is 3.80. The molecule has 2 aromatic carbocycles. The molecule has 2 aromatic rings. The Labute approximate surface area is 120 Å². The Kier molecular flexibility index (Phi) is 4.93. The van der Waals surface area contributed by atoms with Gasteiger partial charge in [0.2, 0.25) is 0 Å². The van der Waals surface area contributed by atoms with Crippen molar-refractivity contribution in [2.45, 2.75) is 16.5 Å². The average molecular weight is 301 g/mol. The van der Waals surface area contributed by atoms with Crippen LogP contribution in [0.5, 0.6) is 0 Å². The molecule has 0 aromatic heterocycles. The van der Waals surface area contributed by atoms with Crippen molar-refractivity contribution in [2.24, 2.45) is 0 Å². The molecule has 2 rings (SSSR count). The summed E-state index contributed by atoms with van der Waals surface area (Å²) in [5.74, 6) is 0.939. The van der Waals surface area contributed by atoms with Gasteiger partial charge in [0.15, 0.2) is 0 Å². The molecule has 0 heterocycles. The molecule has 0 aliphatic rings. The van der Waals surface area contributed by atoms with Gasteiger partial charge in [0.1, 0.15) is 5.82 Å². The smallest absolute Gasteiger partial charge is 0.124 e. The van der Waals surface area contributed by atoms with E-state index in [1.807, 2.05) is 24.3 Å². The van der Waals surface area contributed by atoms with Gasteiger partial charge >= 0.3 is 0 Å². The Morgan fingerprint density at radius 1 is 1.06 bits per heavy atom. The third-order valence-electron chi connectivity index (χ3n) is 2.49. The number of hydrogen-bond donors (Lipinski definition) is 0. The Hall–Kier alpha value is -0.700. The Balaban J connectivity index is 2.02. The molecule has 0 nitrogen and oxygen atoms in total. The summed E-state index contributed by atoms with van der Waals surface area (Å²) >= 11 is 13.4. The quantitative estimate of drug-likeness (QED) is 0.530. The van der Waals surface area contributed by atoms with E-state index in [-0.39, 0.29) is 5.82 Å². The minimum atomic E-state index is -0.305. The third-order valence-corrected chi connectivity index (χ3v) is 4.21. The van der Waals surface area contributed by atoms with Crippen molar-refractivity contribution in [2.75, 3.05) is 0 Å². The summed E-state index contributed by atoms with van der Waals surface area (Å²) in [5, 5.41) is 0.472. The lowest BCUT2D eigenvalue weighted by molar-refractivity contribution is 0.627. The van der Waals surface area contributed by atoms with Gasteiger partial charge in [-0.1, -0.05) is 29.8 Å². The summed E-state index contributed by atoms with van der Waals surface area (Å²) < 4.78 is 12.9. The Morgan fingerprint density at radius 3 is 2.39 bits per heavy atom. The van der Waals surface area contributed by atoms with Crippen LogP contribution in [0.25, 0.3) is 0 Å². The van der Waals surface area contributed by atoms with Gasteiger partial charge in [-0.3, -0.25) is 0 Å². The Bertz CT molecular complexity index is 526. The zero-order valence-corrected chi connectivity index (χ0v) is 11.8. The molecule has 0 amide bonds. The first kappa shape index (κ1) is 13.7. The molecule has 0 atom stereocenters. The van der Waals surface area contributed by atoms with Gasteiger partial charge in [0.05, 0.1) is 0 Å². The highest BCUT2D eigenvalue weighted by molar-refractivity contribution is 7.98. The van der Waals surface area contributed by atoms with Crippen LogP contribution in [0.4, 0.5) is 4.39 Å². The third kappa shape index (κ3) is 3.64. The highest BCUT2D eigenvalue weighted by atomic mass is 35.5. The maximum atomic E-state index is 12.9. The monoisotopic (exact) mass is 300 g/mol. The molecule has 0 aliphatic carbocycles. The van der Waals surface area contributed by atoms with Crippen molar-refractivity contribution in [1.29, 1.82) is 0 Å². The molecule has 0 unspecified atom stereocenters. The molecule has 18 heavy (non-hydrogen) atoms. The van der Waals surface area contributed by atoms with Crippen molar-refractivity contribution < 1.29 is 4.39 Å². The van der Waals surface area contributed by atoms with E-state index in [0.29, 0.717) is 10.9 Å². The summed E-state index contributed by atoms with van der Waals surface area (Å²) in [6.07, 6.45) is 0. The SMILES string of the molecule is Fc1ccc(CSc2ccc(CCl)cc2)c(Cl)c1. The normalized spacial score (nSPS) is 10.6. The number of hydrogen-bond acceptors (Lipinski definition) is 1. The standard InChI is InChI=1S/C14H11Cl2FS/c15-8-10-1-5-13(6-2-10)18-9-11-3-4-12(17)7-14(11)16/h1-7H,8-9H2. The summed E-state index contributed by atoms with van der Waals surface area (Å²) in [4.78, 5) is 1.14. The second kappa shape index (κ2) is 6.46. The number of thioether (sulfide) groups is 1. The highest BCUT2D eigenvalue weighted by Crippen LogP contribution is 2.27. The lowest BCUT2D eigenvalue weighted by Gasteiger charge is -2.05. The van der Waals surface area contributed by atoms with Crippen LogP contribution in [0.15, 0.2) is 47.4 Å². The van der Waals surface area contributed by atoms with E-state index in [0.717, 1.165) is 21.8 Å². The predicted octanol–water partition coefficient (Wildman–Crippen LogP) is 5.51. The van der Waals surface area contributed by atoms with Crippen LogP contribution in [-0.4, -0.2) is 0 Å². The summed E-state index contributed by atoms with van der Waals surface area (Å²) in [7, 11) is 0. The minimum absolute atomic E-state index is 0.305. The number of halogens is 3. The van der Waals surface area contributed by atoms with Gasteiger partial charge in [-0.05, 0) is 35.4 Å². The van der Waals surface area contributed by atoms with Crippen molar-refractivity contribution >= 4 is 35.0 Å². The first-order valence-electron chi connectivity index (χ1n) is 5.40. The second-order valence-corrected chi connectivity index (χ2v) is 5.53. The van der Waals surface area contributed by atoms with Gasteiger partial charge in [0.25, 0.3) is 0 Å². The van der Waals surface area contributed by atoms with Crippen LogP contribution >= 0.6 is 35.0 Å². The molecular formula is C14H11Cl2FS. The molecule has 0 radical (unpaired) electrons. The van der Waals surface area contributed by atoms with Crippen molar-refractivity contribution in [1.82, 2.24) is 0 Å². The first-order valence-corrected chi connectivity index (χ1v) is 7.30. The fraction of sp³-hybridized carbons (Fsp3) is 0.143. The van der Waals surface area contributed by atoms with E-state index < -0.39 is 0 Å². The molecule has 0 aliphatic heterocycles. The molecule has 94 valence electrons. The molecule has 0 spiro atoms. The zero-order chi connectivity index (χ0) is 13.0. The van der Waals surface area contributed by atoms with Crippen LogP contribution in [-0.2, 0) is 11.6 Å². The first-order chi connectivity index (χ1) is 8.69. The molecule has 0 fully saturated rings. The van der Waals surface area contributed by atoms with Crippen LogP contribution in [0.1, 0.15) is 11.1 Å². The van der Waals surface area contributed by atoms with Crippen molar-refractivity contribution in [3.63, 3.8) is 0 Å². The van der Waals surface area contributed by atoms with E-state index >= 15 is 0 Å². The van der Waals surface area contributed by atoms with E-state index in [1.165, 1.54) is 12.1 Å². The maximum absolute atomic E-state index is 12.9. The van der Waals surface area contributed by atoms with Crippen LogP contribution in [0.3, 0.4) is 0 Å².